The zero-order valence-electron chi connectivity index (χ0n) is 10.5. The molecule has 2 N–H and O–H groups in total. The van der Waals surface area contributed by atoms with Crippen molar-refractivity contribution in [3.8, 4) is 0 Å². The first-order valence-electron chi connectivity index (χ1n) is 6.03. The second-order valence-corrected chi connectivity index (χ2v) is 4.72. The molecule has 0 spiro atoms. The largest absolute Gasteiger partial charge is 0.395 e. The lowest BCUT2D eigenvalue weighted by atomic mass is 9.96. The van der Waals surface area contributed by atoms with E-state index in [-0.39, 0.29) is 6.61 Å². The Morgan fingerprint density at radius 3 is 2.31 bits per heavy atom. The maximum atomic E-state index is 8.84. The molecule has 16 heavy (non-hydrogen) atoms. The van der Waals surface area contributed by atoms with E-state index in [4.69, 9.17) is 5.11 Å². The van der Waals surface area contributed by atoms with Crippen molar-refractivity contribution in [2.75, 3.05) is 13.2 Å². The molecule has 0 saturated heterocycles. The molecule has 1 aromatic rings. The zero-order chi connectivity index (χ0) is 12.0. The van der Waals surface area contributed by atoms with Crippen LogP contribution in [0.25, 0.3) is 0 Å². The Bertz CT molecular complexity index is 292. The maximum absolute atomic E-state index is 8.84. The van der Waals surface area contributed by atoms with Crippen LogP contribution in [0, 0.1) is 12.8 Å². The molecule has 1 rings (SSSR count). The van der Waals surface area contributed by atoms with Crippen molar-refractivity contribution < 1.29 is 5.11 Å². The van der Waals surface area contributed by atoms with E-state index < -0.39 is 0 Å². The Morgan fingerprint density at radius 2 is 1.81 bits per heavy atom. The van der Waals surface area contributed by atoms with Crippen molar-refractivity contribution >= 4 is 0 Å². The fourth-order valence-electron chi connectivity index (χ4n) is 1.77. The number of benzene rings is 1. The van der Waals surface area contributed by atoms with Crippen LogP contribution in [-0.4, -0.2) is 24.3 Å². The molecule has 0 aliphatic rings. The van der Waals surface area contributed by atoms with E-state index in [9.17, 15) is 0 Å². The molecule has 1 aromatic carbocycles. The van der Waals surface area contributed by atoms with E-state index in [1.165, 1.54) is 11.1 Å². The molecule has 0 radical (unpaired) electrons. The molecule has 0 saturated carbocycles. The molecule has 0 aromatic heterocycles. The van der Waals surface area contributed by atoms with Crippen LogP contribution in [0.15, 0.2) is 24.3 Å². The Balaban J connectivity index is 2.57. The smallest absolute Gasteiger partial charge is 0.0556 e. The zero-order valence-corrected chi connectivity index (χ0v) is 10.5. The van der Waals surface area contributed by atoms with E-state index in [0.29, 0.717) is 18.5 Å². The molecular weight excluding hydrogens is 198 g/mol. The van der Waals surface area contributed by atoms with Gasteiger partial charge < -0.3 is 10.4 Å². The van der Waals surface area contributed by atoms with E-state index in [2.05, 4.69) is 50.4 Å². The molecule has 0 aliphatic carbocycles. The van der Waals surface area contributed by atoms with Crippen LogP contribution in [0.2, 0.25) is 0 Å². The average Bonchev–Trinajstić information content (AvgIpc) is 2.26. The Labute approximate surface area is 98.7 Å². The minimum Gasteiger partial charge on any atom is -0.395 e. The van der Waals surface area contributed by atoms with Gasteiger partial charge in [0.1, 0.15) is 0 Å². The summed E-state index contributed by atoms with van der Waals surface area (Å²) in [5, 5.41) is 12.2. The average molecular weight is 221 g/mol. The van der Waals surface area contributed by atoms with Crippen molar-refractivity contribution in [1.82, 2.24) is 5.32 Å². The molecule has 0 fully saturated rings. The highest BCUT2D eigenvalue weighted by molar-refractivity contribution is 5.22. The summed E-state index contributed by atoms with van der Waals surface area (Å²) >= 11 is 0. The number of aliphatic hydroxyl groups is 1. The fourth-order valence-corrected chi connectivity index (χ4v) is 1.77. The topological polar surface area (TPSA) is 32.3 Å². The fraction of sp³-hybridized carbons (Fsp3) is 0.571. The lowest BCUT2D eigenvalue weighted by Crippen LogP contribution is -2.37. The Morgan fingerprint density at radius 1 is 1.19 bits per heavy atom. The van der Waals surface area contributed by atoms with Crippen molar-refractivity contribution in [2.24, 2.45) is 5.92 Å². The summed E-state index contributed by atoms with van der Waals surface area (Å²) in [6, 6.07) is 9.11. The van der Waals surface area contributed by atoms with Crippen molar-refractivity contribution in [1.29, 1.82) is 0 Å². The number of aliphatic hydroxyl groups excluding tert-OH is 1. The highest BCUT2D eigenvalue weighted by Crippen LogP contribution is 2.11. The number of hydrogen-bond acceptors (Lipinski definition) is 2. The lowest BCUT2D eigenvalue weighted by Gasteiger charge is -2.22. The van der Waals surface area contributed by atoms with Gasteiger partial charge in [-0.1, -0.05) is 43.7 Å². The summed E-state index contributed by atoms with van der Waals surface area (Å²) in [5.41, 5.74) is 2.66. The highest BCUT2D eigenvalue weighted by atomic mass is 16.3. The van der Waals surface area contributed by atoms with Gasteiger partial charge in [0, 0.05) is 12.6 Å². The van der Waals surface area contributed by atoms with Gasteiger partial charge in [-0.3, -0.25) is 0 Å². The van der Waals surface area contributed by atoms with Crippen LogP contribution in [0.1, 0.15) is 25.0 Å². The van der Waals surface area contributed by atoms with Crippen LogP contribution in [0.5, 0.6) is 0 Å². The van der Waals surface area contributed by atoms with Gasteiger partial charge >= 0.3 is 0 Å². The van der Waals surface area contributed by atoms with Gasteiger partial charge in [0.05, 0.1) is 6.61 Å². The molecule has 1 unspecified atom stereocenters. The first-order chi connectivity index (χ1) is 7.63. The summed E-state index contributed by atoms with van der Waals surface area (Å²) in [5.74, 6) is 0.577. The molecule has 1 atom stereocenters. The first kappa shape index (κ1) is 13.2. The molecule has 2 heteroatoms. The van der Waals surface area contributed by atoms with Crippen molar-refractivity contribution in [3.05, 3.63) is 35.4 Å². The third-order valence-corrected chi connectivity index (χ3v) is 2.90. The quantitative estimate of drug-likeness (QED) is 0.771. The predicted molar refractivity (Wildman–Crippen MR) is 68.6 cm³/mol. The molecule has 2 nitrogen and oxygen atoms in total. The minimum atomic E-state index is 0.205. The second-order valence-electron chi connectivity index (χ2n) is 4.72. The molecule has 0 bridgehead atoms. The van der Waals surface area contributed by atoms with E-state index in [0.717, 1.165) is 6.42 Å². The van der Waals surface area contributed by atoms with Crippen LogP contribution in [0.3, 0.4) is 0 Å². The molecular formula is C14H23NO. The van der Waals surface area contributed by atoms with E-state index in [1.807, 2.05) is 0 Å². The third-order valence-electron chi connectivity index (χ3n) is 2.90. The number of hydrogen-bond donors (Lipinski definition) is 2. The summed E-state index contributed by atoms with van der Waals surface area (Å²) < 4.78 is 0. The standard InChI is InChI=1S/C14H23NO/c1-11(2)14(15-8-9-16)10-13-6-4-12(3)5-7-13/h4-7,11,14-16H,8-10H2,1-3H3. The van der Waals surface area contributed by atoms with Gasteiger partial charge in [0.15, 0.2) is 0 Å². The third kappa shape index (κ3) is 4.33. The second kappa shape index (κ2) is 6.66. The maximum Gasteiger partial charge on any atom is 0.0556 e. The van der Waals surface area contributed by atoms with Crippen LogP contribution < -0.4 is 5.32 Å². The number of aryl methyl sites for hydroxylation is 1. The van der Waals surface area contributed by atoms with Crippen LogP contribution in [0.4, 0.5) is 0 Å². The predicted octanol–water partition coefficient (Wildman–Crippen LogP) is 2.14. The summed E-state index contributed by atoms with van der Waals surface area (Å²) in [7, 11) is 0. The summed E-state index contributed by atoms with van der Waals surface area (Å²) in [4.78, 5) is 0. The van der Waals surface area contributed by atoms with E-state index >= 15 is 0 Å². The van der Waals surface area contributed by atoms with Crippen molar-refractivity contribution in [2.45, 2.75) is 33.2 Å². The van der Waals surface area contributed by atoms with Crippen molar-refractivity contribution in [3.63, 3.8) is 0 Å². The SMILES string of the molecule is Cc1ccc(CC(NCCO)C(C)C)cc1. The van der Waals surface area contributed by atoms with Gasteiger partial charge in [-0.05, 0) is 24.8 Å². The first-order valence-corrected chi connectivity index (χ1v) is 6.03. The molecule has 0 heterocycles. The van der Waals surface area contributed by atoms with Crippen LogP contribution >= 0.6 is 0 Å². The van der Waals surface area contributed by atoms with Gasteiger partial charge in [-0.25, -0.2) is 0 Å². The Hall–Kier alpha value is -0.860. The normalized spacial score (nSPS) is 13.1. The minimum absolute atomic E-state index is 0.205. The molecule has 0 amide bonds. The Kier molecular flexibility index (Phi) is 5.50. The summed E-state index contributed by atoms with van der Waals surface area (Å²) in [6.07, 6.45) is 1.03. The van der Waals surface area contributed by atoms with Gasteiger partial charge in [-0.2, -0.15) is 0 Å². The lowest BCUT2D eigenvalue weighted by molar-refractivity contribution is 0.273. The number of nitrogens with one attached hydrogen (secondary N) is 1. The monoisotopic (exact) mass is 221 g/mol. The van der Waals surface area contributed by atoms with Gasteiger partial charge in [0.25, 0.3) is 0 Å². The van der Waals surface area contributed by atoms with Gasteiger partial charge in [-0.15, -0.1) is 0 Å². The highest BCUT2D eigenvalue weighted by Gasteiger charge is 2.12. The molecule has 90 valence electrons. The van der Waals surface area contributed by atoms with Crippen LogP contribution in [-0.2, 0) is 6.42 Å². The van der Waals surface area contributed by atoms with Gasteiger partial charge in [0.2, 0.25) is 0 Å². The van der Waals surface area contributed by atoms with E-state index in [1.54, 1.807) is 0 Å². The summed E-state index contributed by atoms with van der Waals surface area (Å²) in [6.45, 7) is 7.41. The molecule has 0 aliphatic heterocycles. The number of rotatable bonds is 6.